The van der Waals surface area contributed by atoms with E-state index in [1.165, 1.54) is 75.5 Å². The molecule has 2 aromatic heterocycles. The number of rotatable bonds is 2. The molecular weight excluding hydrogens is 513 g/mol. The van der Waals surface area contributed by atoms with E-state index in [1.807, 2.05) is 0 Å². The van der Waals surface area contributed by atoms with E-state index in [4.69, 9.17) is 0 Å². The average molecular weight is 541 g/mol. The van der Waals surface area contributed by atoms with Gasteiger partial charge >= 0.3 is 0 Å². The van der Waals surface area contributed by atoms with Crippen LogP contribution in [0.2, 0.25) is 0 Å². The monoisotopic (exact) mass is 540 g/mol. The Balaban J connectivity index is 1.45. The molecule has 9 rings (SSSR count). The maximum Gasteiger partial charge on any atom is 0.180 e. The average Bonchev–Trinajstić information content (AvgIpc) is 3.61. The first-order chi connectivity index (χ1) is 20.2. The zero-order chi connectivity index (χ0) is 27.3. The zero-order valence-electron chi connectivity index (χ0n) is 23.1. The lowest BCUT2D eigenvalue weighted by atomic mass is 10.1. The topological polar surface area (TPSA) is 9.86 Å². The van der Waals surface area contributed by atoms with Gasteiger partial charge in [-0.15, -0.1) is 0 Å². The molecular formula is C38H28N2Si. The smallest absolute Gasteiger partial charge is 0.180 e. The number of benzene rings is 6. The minimum absolute atomic E-state index is 1.28. The molecule has 3 heteroatoms. The second-order valence-corrected chi connectivity index (χ2v) is 15.2. The van der Waals surface area contributed by atoms with Crippen molar-refractivity contribution >= 4 is 72.4 Å². The third-order valence-corrected chi connectivity index (χ3v) is 14.5. The largest absolute Gasteiger partial charge is 0.344 e. The number of nitrogens with zero attached hydrogens (tertiary/aromatic N) is 2. The maximum absolute atomic E-state index is 2.64. The van der Waals surface area contributed by atoms with Crippen LogP contribution in [0.3, 0.4) is 0 Å². The van der Waals surface area contributed by atoms with E-state index in [1.54, 1.807) is 0 Å². The van der Waals surface area contributed by atoms with Crippen molar-refractivity contribution in [1.29, 1.82) is 0 Å². The van der Waals surface area contributed by atoms with Crippen LogP contribution in [0.5, 0.6) is 0 Å². The lowest BCUT2D eigenvalue weighted by molar-refractivity contribution is 1.01. The Morgan fingerprint density at radius 1 is 0.390 bits per heavy atom. The zero-order valence-corrected chi connectivity index (χ0v) is 24.1. The first kappa shape index (κ1) is 22.9. The minimum atomic E-state index is -2.64. The molecule has 3 heterocycles. The Morgan fingerprint density at radius 2 is 0.780 bits per heavy atom. The highest BCUT2D eigenvalue weighted by Crippen LogP contribution is 2.33. The van der Waals surface area contributed by atoms with Crippen LogP contribution in [-0.4, -0.2) is 17.2 Å². The second kappa shape index (κ2) is 8.09. The fraction of sp³-hybridized carbons (Fsp3) is 0.0526. The lowest BCUT2D eigenvalue weighted by Crippen LogP contribution is -2.72. The minimum Gasteiger partial charge on any atom is -0.344 e. The molecule has 0 fully saturated rings. The highest BCUT2D eigenvalue weighted by Gasteiger charge is 2.48. The van der Waals surface area contributed by atoms with Gasteiger partial charge in [-0.2, -0.15) is 0 Å². The highest BCUT2D eigenvalue weighted by molar-refractivity contribution is 7.22. The van der Waals surface area contributed by atoms with Crippen LogP contribution in [0.15, 0.2) is 133 Å². The van der Waals surface area contributed by atoms with Crippen LogP contribution < -0.4 is 20.7 Å². The number of para-hydroxylation sites is 2. The Labute approximate surface area is 239 Å². The third-order valence-electron chi connectivity index (χ3n) is 9.65. The molecule has 0 unspecified atom stereocenters. The number of hydrogen-bond acceptors (Lipinski definition) is 0. The van der Waals surface area contributed by atoms with Crippen molar-refractivity contribution in [3.05, 3.63) is 133 Å². The van der Waals surface area contributed by atoms with Crippen molar-refractivity contribution in [2.75, 3.05) is 0 Å². The Morgan fingerprint density at radius 3 is 1.27 bits per heavy atom. The lowest BCUT2D eigenvalue weighted by Gasteiger charge is -2.31. The van der Waals surface area contributed by atoms with Gasteiger partial charge in [0.1, 0.15) is 0 Å². The number of aromatic nitrogens is 2. The van der Waals surface area contributed by atoms with Gasteiger partial charge in [0.15, 0.2) is 8.07 Å². The van der Waals surface area contributed by atoms with Crippen LogP contribution >= 0.6 is 0 Å². The summed E-state index contributed by atoms with van der Waals surface area (Å²) in [5.41, 5.74) is 7.88. The van der Waals surface area contributed by atoms with Crippen LogP contribution in [0.1, 0.15) is 0 Å². The molecule has 41 heavy (non-hydrogen) atoms. The van der Waals surface area contributed by atoms with Crippen molar-refractivity contribution in [3.63, 3.8) is 0 Å². The summed E-state index contributed by atoms with van der Waals surface area (Å²) in [4.78, 5) is 0. The van der Waals surface area contributed by atoms with Crippen LogP contribution in [0.4, 0.5) is 0 Å². The molecule has 0 amide bonds. The van der Waals surface area contributed by atoms with Gasteiger partial charge in [0.25, 0.3) is 0 Å². The van der Waals surface area contributed by atoms with Gasteiger partial charge < -0.3 is 9.13 Å². The molecule has 2 nitrogen and oxygen atoms in total. The molecule has 6 aromatic carbocycles. The summed E-state index contributed by atoms with van der Waals surface area (Å²) in [6.07, 6.45) is 0. The highest BCUT2D eigenvalue weighted by atomic mass is 28.3. The van der Waals surface area contributed by atoms with E-state index in [-0.39, 0.29) is 0 Å². The van der Waals surface area contributed by atoms with E-state index >= 15 is 0 Å². The van der Waals surface area contributed by atoms with Crippen LogP contribution in [-0.2, 0) is 14.1 Å². The van der Waals surface area contributed by atoms with Gasteiger partial charge in [0, 0.05) is 57.7 Å². The van der Waals surface area contributed by atoms with Crippen LogP contribution in [0.25, 0.3) is 54.7 Å². The number of aryl methyl sites for hydroxylation is 2. The maximum atomic E-state index is 2.52. The predicted octanol–water partition coefficient (Wildman–Crippen LogP) is 6.33. The van der Waals surface area contributed by atoms with Crippen molar-refractivity contribution < 1.29 is 0 Å². The summed E-state index contributed by atoms with van der Waals surface area (Å²) in [6, 6.07) is 50.6. The fourth-order valence-electron chi connectivity index (χ4n) is 7.83. The van der Waals surface area contributed by atoms with E-state index in [0.29, 0.717) is 0 Å². The van der Waals surface area contributed by atoms with E-state index in [0.717, 1.165) is 0 Å². The molecule has 0 saturated carbocycles. The summed E-state index contributed by atoms with van der Waals surface area (Å²) in [5, 5.41) is 11.2. The molecule has 0 bridgehead atoms. The molecule has 0 atom stereocenters. The first-order valence-corrected chi connectivity index (χ1v) is 16.3. The number of fused-ring (bicyclic) bond motifs is 9. The van der Waals surface area contributed by atoms with Gasteiger partial charge in [-0.25, -0.2) is 0 Å². The van der Waals surface area contributed by atoms with Crippen molar-refractivity contribution in [1.82, 2.24) is 9.13 Å². The standard InChI is InChI=1S/C38H28N2Si/c1-39-33-15-7-3-11-27(33)31-23-25(19-21-35(31)39)41(37-17-9-5-13-29(37)30-14-6-10-18-38(30)41)26-20-22-36-32(24-26)28-12-4-8-16-34(28)40(36)2/h3-24H,1-2H3. The van der Waals surface area contributed by atoms with Gasteiger partial charge in [0.05, 0.1) is 0 Å². The van der Waals surface area contributed by atoms with Gasteiger partial charge in [0.2, 0.25) is 0 Å². The molecule has 0 N–H and O–H groups in total. The van der Waals surface area contributed by atoms with E-state index in [2.05, 4.69) is 157 Å². The molecule has 1 aliphatic heterocycles. The van der Waals surface area contributed by atoms with Gasteiger partial charge in [-0.05, 0) is 56.1 Å². The fourth-order valence-corrected chi connectivity index (χ4v) is 13.0. The van der Waals surface area contributed by atoms with Gasteiger partial charge in [-0.3, -0.25) is 0 Å². The van der Waals surface area contributed by atoms with Gasteiger partial charge in [-0.1, -0.05) is 109 Å². The Hall–Kier alpha value is -4.86. The summed E-state index contributed by atoms with van der Waals surface area (Å²) in [6.45, 7) is 0. The second-order valence-electron chi connectivity index (χ2n) is 11.5. The number of hydrogen-bond donors (Lipinski definition) is 0. The summed E-state index contributed by atoms with van der Waals surface area (Å²) < 4.78 is 4.67. The normalized spacial score (nSPS) is 13.8. The van der Waals surface area contributed by atoms with Crippen molar-refractivity contribution in [2.45, 2.75) is 0 Å². The van der Waals surface area contributed by atoms with E-state index in [9.17, 15) is 0 Å². The molecule has 8 aromatic rings. The van der Waals surface area contributed by atoms with Crippen molar-refractivity contribution in [2.24, 2.45) is 14.1 Å². The quantitative estimate of drug-likeness (QED) is 0.227. The Kier molecular flexibility index (Phi) is 4.52. The summed E-state index contributed by atoms with van der Waals surface area (Å²) in [5.74, 6) is 0. The molecule has 0 radical (unpaired) electrons. The van der Waals surface area contributed by atoms with Crippen LogP contribution in [0, 0.1) is 0 Å². The first-order valence-electron chi connectivity index (χ1n) is 14.3. The molecule has 194 valence electrons. The SMILES string of the molecule is Cn1c2ccccc2c2cc([Si]3(c4ccc5c(c4)c4ccccc4n5C)c4ccccc4-c4ccccc43)ccc21. The third kappa shape index (κ3) is 2.81. The summed E-state index contributed by atoms with van der Waals surface area (Å²) >= 11 is 0. The molecule has 0 spiro atoms. The molecule has 0 aliphatic carbocycles. The predicted molar refractivity (Wildman–Crippen MR) is 177 cm³/mol. The Bertz CT molecular complexity index is 2190. The molecule has 0 saturated heterocycles. The molecule has 1 aliphatic rings. The van der Waals surface area contributed by atoms with Crippen molar-refractivity contribution in [3.8, 4) is 11.1 Å². The summed E-state index contributed by atoms with van der Waals surface area (Å²) in [7, 11) is 1.74. The van der Waals surface area contributed by atoms with E-state index < -0.39 is 8.07 Å².